The van der Waals surface area contributed by atoms with Gasteiger partial charge in [0.25, 0.3) is 0 Å². The molecule has 0 aliphatic rings. The first-order valence-electron chi connectivity index (χ1n) is 9.67. The third-order valence-corrected chi connectivity index (χ3v) is 5.19. The quantitative estimate of drug-likeness (QED) is 0.470. The molecule has 3 aromatic rings. The maximum atomic E-state index is 12.4. The summed E-state index contributed by atoms with van der Waals surface area (Å²) in [7, 11) is 4.63. The van der Waals surface area contributed by atoms with E-state index >= 15 is 0 Å². The SMILES string of the molecule is COc1cc(Nc2cnc3ccc(NC(=O)N(S)C(C)(C)C)nc3n2)cc(OC)c1OC. The lowest BCUT2D eigenvalue weighted by molar-refractivity contribution is 0.216. The molecule has 10 nitrogen and oxygen atoms in total. The van der Waals surface area contributed by atoms with Crippen LogP contribution in [0.15, 0.2) is 30.5 Å². The molecule has 0 atom stereocenters. The molecule has 2 N–H and O–H groups in total. The van der Waals surface area contributed by atoms with Crippen molar-refractivity contribution in [2.75, 3.05) is 32.0 Å². The predicted molar refractivity (Wildman–Crippen MR) is 126 cm³/mol. The zero-order valence-electron chi connectivity index (χ0n) is 18.8. The third kappa shape index (κ3) is 5.05. The summed E-state index contributed by atoms with van der Waals surface area (Å²) in [6, 6.07) is 6.50. The van der Waals surface area contributed by atoms with Gasteiger partial charge in [0.05, 0.1) is 27.5 Å². The Morgan fingerprint density at radius 3 is 2.19 bits per heavy atom. The zero-order chi connectivity index (χ0) is 23.5. The number of nitrogens with one attached hydrogen (secondary N) is 2. The molecular formula is C21H26N6O4S. The van der Waals surface area contributed by atoms with Crippen molar-refractivity contribution in [1.82, 2.24) is 19.3 Å². The fourth-order valence-corrected chi connectivity index (χ4v) is 2.85. The van der Waals surface area contributed by atoms with Crippen LogP contribution in [0, 0.1) is 0 Å². The second-order valence-corrected chi connectivity index (χ2v) is 8.15. The molecule has 3 rings (SSSR count). The summed E-state index contributed by atoms with van der Waals surface area (Å²) in [6.45, 7) is 5.62. The van der Waals surface area contributed by atoms with Gasteiger partial charge in [0, 0.05) is 23.4 Å². The second kappa shape index (κ2) is 9.35. The summed E-state index contributed by atoms with van der Waals surface area (Å²) in [5, 5.41) is 5.87. The van der Waals surface area contributed by atoms with Crippen molar-refractivity contribution in [2.45, 2.75) is 26.3 Å². The number of benzene rings is 1. The number of pyridine rings is 1. The van der Waals surface area contributed by atoms with E-state index in [1.807, 2.05) is 20.8 Å². The first-order valence-corrected chi connectivity index (χ1v) is 10.1. The standard InChI is InChI=1S/C21H26N6O4S/c1-21(2,3)27(32)20(28)26-16-8-7-13-19(24-16)25-17(11-22-13)23-12-9-14(29-4)18(31-6)15(10-12)30-5/h7-11,32H,1-6H3,(H2,23,24,25,26,28). The van der Waals surface area contributed by atoms with Crippen LogP contribution in [0.1, 0.15) is 20.8 Å². The molecule has 32 heavy (non-hydrogen) atoms. The summed E-state index contributed by atoms with van der Waals surface area (Å²) in [5.74, 6) is 2.28. The van der Waals surface area contributed by atoms with E-state index in [9.17, 15) is 4.79 Å². The Morgan fingerprint density at radius 1 is 1.00 bits per heavy atom. The van der Waals surface area contributed by atoms with Crippen molar-refractivity contribution < 1.29 is 19.0 Å². The Morgan fingerprint density at radius 2 is 1.62 bits per heavy atom. The van der Waals surface area contributed by atoms with Crippen molar-refractivity contribution in [3.05, 3.63) is 30.5 Å². The molecule has 2 amide bonds. The number of nitrogens with zero attached hydrogens (tertiary/aromatic N) is 4. The molecule has 1 aromatic carbocycles. The van der Waals surface area contributed by atoms with Gasteiger partial charge < -0.3 is 19.5 Å². The van der Waals surface area contributed by atoms with E-state index in [2.05, 4.69) is 38.4 Å². The van der Waals surface area contributed by atoms with E-state index in [0.29, 0.717) is 45.7 Å². The van der Waals surface area contributed by atoms with Gasteiger partial charge in [0.15, 0.2) is 23.0 Å². The van der Waals surface area contributed by atoms with Gasteiger partial charge in [-0.3, -0.25) is 9.62 Å². The molecule has 0 fully saturated rings. The number of urea groups is 1. The number of methoxy groups -OCH3 is 3. The molecule has 11 heteroatoms. The lowest BCUT2D eigenvalue weighted by Crippen LogP contribution is -2.41. The number of rotatable bonds is 6. The van der Waals surface area contributed by atoms with Crippen LogP contribution in [0.25, 0.3) is 11.2 Å². The fraction of sp³-hybridized carbons (Fsp3) is 0.333. The second-order valence-electron chi connectivity index (χ2n) is 7.75. The van der Waals surface area contributed by atoms with Crippen molar-refractivity contribution in [1.29, 1.82) is 0 Å². The van der Waals surface area contributed by atoms with Gasteiger partial charge in [0.2, 0.25) is 5.75 Å². The molecule has 0 saturated carbocycles. The number of aromatic nitrogens is 3. The van der Waals surface area contributed by atoms with Gasteiger partial charge in [-0.25, -0.2) is 19.7 Å². The van der Waals surface area contributed by atoms with Crippen LogP contribution < -0.4 is 24.8 Å². The molecule has 2 aromatic heterocycles. The number of carbonyl (C=O) groups excluding carboxylic acids is 1. The van der Waals surface area contributed by atoms with E-state index in [1.165, 1.54) is 4.31 Å². The average molecular weight is 459 g/mol. The number of amides is 2. The molecule has 0 aliphatic carbocycles. The largest absolute Gasteiger partial charge is 0.493 e. The minimum absolute atomic E-state index is 0.338. The Kier molecular flexibility index (Phi) is 6.78. The van der Waals surface area contributed by atoms with Gasteiger partial charge >= 0.3 is 6.03 Å². The summed E-state index contributed by atoms with van der Waals surface area (Å²) < 4.78 is 17.4. The zero-order valence-corrected chi connectivity index (χ0v) is 19.7. The Bertz CT molecular complexity index is 1110. The number of anilines is 3. The molecule has 0 aliphatic heterocycles. The van der Waals surface area contributed by atoms with Crippen LogP contribution in [0.4, 0.5) is 22.1 Å². The average Bonchev–Trinajstić information content (AvgIpc) is 2.76. The van der Waals surface area contributed by atoms with Gasteiger partial charge in [-0.2, -0.15) is 0 Å². The molecule has 0 spiro atoms. The van der Waals surface area contributed by atoms with E-state index in [-0.39, 0.29) is 0 Å². The summed E-state index contributed by atoms with van der Waals surface area (Å²) in [5.41, 5.74) is 1.15. The van der Waals surface area contributed by atoms with Crippen LogP contribution in [-0.2, 0) is 0 Å². The lowest BCUT2D eigenvalue weighted by atomic mass is 10.1. The number of thiol groups is 1. The highest BCUT2D eigenvalue weighted by molar-refractivity contribution is 7.78. The fourth-order valence-electron chi connectivity index (χ4n) is 2.80. The van der Waals surface area contributed by atoms with Gasteiger partial charge in [-0.05, 0) is 32.9 Å². The molecule has 2 heterocycles. The lowest BCUT2D eigenvalue weighted by Gasteiger charge is -2.30. The number of fused-ring (bicyclic) bond motifs is 1. The molecule has 0 radical (unpaired) electrons. The van der Waals surface area contributed by atoms with Crippen LogP contribution >= 0.6 is 12.8 Å². The number of carbonyl (C=O) groups is 1. The monoisotopic (exact) mass is 458 g/mol. The van der Waals surface area contributed by atoms with Gasteiger partial charge in [0.1, 0.15) is 11.3 Å². The molecule has 170 valence electrons. The Labute approximate surface area is 191 Å². The highest BCUT2D eigenvalue weighted by Crippen LogP contribution is 2.40. The summed E-state index contributed by atoms with van der Waals surface area (Å²) >= 11 is 4.25. The number of hydrogen-bond donors (Lipinski definition) is 3. The molecule has 0 unspecified atom stereocenters. The third-order valence-electron chi connectivity index (χ3n) is 4.41. The minimum Gasteiger partial charge on any atom is -0.493 e. The number of ether oxygens (including phenoxy) is 3. The highest BCUT2D eigenvalue weighted by atomic mass is 32.1. The first kappa shape index (κ1) is 23.2. The van der Waals surface area contributed by atoms with Crippen molar-refractivity contribution in [3.63, 3.8) is 0 Å². The minimum atomic E-state index is -0.457. The number of hydrogen-bond acceptors (Lipinski definition) is 9. The molecular weight excluding hydrogens is 432 g/mol. The normalized spacial score (nSPS) is 11.1. The Balaban J connectivity index is 1.87. The highest BCUT2D eigenvalue weighted by Gasteiger charge is 2.24. The van der Waals surface area contributed by atoms with E-state index in [1.54, 1.807) is 51.8 Å². The Hall–Kier alpha value is -3.47. The van der Waals surface area contributed by atoms with Crippen molar-refractivity contribution >= 4 is 47.3 Å². The molecule has 0 saturated heterocycles. The van der Waals surface area contributed by atoms with Crippen LogP contribution in [-0.4, -0.2) is 52.2 Å². The van der Waals surface area contributed by atoms with E-state index in [0.717, 1.165) is 0 Å². The topological polar surface area (TPSA) is 111 Å². The van der Waals surface area contributed by atoms with E-state index < -0.39 is 11.6 Å². The predicted octanol–water partition coefficient (Wildman–Crippen LogP) is 4.27. The van der Waals surface area contributed by atoms with Crippen LogP contribution in [0.2, 0.25) is 0 Å². The van der Waals surface area contributed by atoms with Gasteiger partial charge in [-0.1, -0.05) is 12.8 Å². The molecule has 0 bridgehead atoms. The maximum Gasteiger partial charge on any atom is 0.333 e. The van der Waals surface area contributed by atoms with Crippen molar-refractivity contribution in [3.8, 4) is 17.2 Å². The maximum absolute atomic E-state index is 12.4. The smallest absolute Gasteiger partial charge is 0.333 e. The van der Waals surface area contributed by atoms with E-state index in [4.69, 9.17) is 14.2 Å². The van der Waals surface area contributed by atoms with Crippen LogP contribution in [0.5, 0.6) is 17.2 Å². The summed E-state index contributed by atoms with van der Waals surface area (Å²) in [4.78, 5) is 25.7. The van der Waals surface area contributed by atoms with Crippen molar-refractivity contribution in [2.24, 2.45) is 0 Å². The summed E-state index contributed by atoms with van der Waals surface area (Å²) in [6.07, 6.45) is 1.58. The first-order chi connectivity index (χ1) is 15.2. The van der Waals surface area contributed by atoms with Gasteiger partial charge in [-0.15, -0.1) is 0 Å². The van der Waals surface area contributed by atoms with Crippen LogP contribution in [0.3, 0.4) is 0 Å².